The number of aromatic nitrogens is 4. The molecule has 74 valence electrons. The van der Waals surface area contributed by atoms with Crippen LogP contribution in [0.15, 0.2) is 16.9 Å². The Kier molecular flexibility index (Phi) is 1.95. The van der Waals surface area contributed by atoms with Gasteiger partial charge in [0.05, 0.1) is 4.47 Å². The van der Waals surface area contributed by atoms with Crippen LogP contribution in [-0.4, -0.2) is 19.6 Å². The second kappa shape index (κ2) is 2.91. The first-order chi connectivity index (χ1) is 6.48. The standard InChI is InChI=1S/C6H2BrF3N4/c7-3-1-11-5-13-12-4(6(8,9)10)14(5)2-3/h1-2H. The maximum atomic E-state index is 12.3. The van der Waals surface area contributed by atoms with Gasteiger partial charge in [0.15, 0.2) is 0 Å². The van der Waals surface area contributed by atoms with Crippen molar-refractivity contribution in [1.82, 2.24) is 19.6 Å². The van der Waals surface area contributed by atoms with E-state index in [1.165, 1.54) is 12.4 Å². The highest BCUT2D eigenvalue weighted by atomic mass is 79.9. The molecule has 8 heteroatoms. The van der Waals surface area contributed by atoms with Gasteiger partial charge < -0.3 is 0 Å². The first-order valence-electron chi connectivity index (χ1n) is 3.42. The van der Waals surface area contributed by atoms with Crippen molar-refractivity contribution in [2.45, 2.75) is 6.18 Å². The van der Waals surface area contributed by atoms with Crippen LogP contribution < -0.4 is 0 Å². The summed E-state index contributed by atoms with van der Waals surface area (Å²) in [5.74, 6) is -1.16. The van der Waals surface area contributed by atoms with Crippen molar-refractivity contribution in [3.63, 3.8) is 0 Å². The molecule has 0 spiro atoms. The van der Waals surface area contributed by atoms with Gasteiger partial charge in [-0.1, -0.05) is 0 Å². The molecule has 0 bridgehead atoms. The lowest BCUT2D eigenvalue weighted by Gasteiger charge is -2.02. The average Bonchev–Trinajstić information content (AvgIpc) is 2.45. The number of fused-ring (bicyclic) bond motifs is 1. The second-order valence-electron chi connectivity index (χ2n) is 2.46. The van der Waals surface area contributed by atoms with E-state index in [1.807, 2.05) is 0 Å². The average molecular weight is 267 g/mol. The van der Waals surface area contributed by atoms with E-state index < -0.39 is 12.0 Å². The van der Waals surface area contributed by atoms with E-state index in [1.54, 1.807) is 0 Å². The SMILES string of the molecule is FC(F)(F)c1nnc2ncc(Br)cn12. The van der Waals surface area contributed by atoms with Gasteiger partial charge in [-0.2, -0.15) is 13.2 Å². The summed E-state index contributed by atoms with van der Waals surface area (Å²) in [6.07, 6.45) is -1.96. The summed E-state index contributed by atoms with van der Waals surface area (Å²) >= 11 is 3.01. The van der Waals surface area contributed by atoms with Crippen molar-refractivity contribution >= 4 is 21.7 Å². The fourth-order valence-corrected chi connectivity index (χ4v) is 1.27. The van der Waals surface area contributed by atoms with E-state index in [0.29, 0.717) is 4.47 Å². The van der Waals surface area contributed by atoms with Crippen LogP contribution in [0.25, 0.3) is 5.78 Å². The van der Waals surface area contributed by atoms with Crippen LogP contribution >= 0.6 is 15.9 Å². The summed E-state index contributed by atoms with van der Waals surface area (Å²) in [6, 6.07) is 0. The molecule has 0 aliphatic rings. The van der Waals surface area contributed by atoms with Crippen molar-refractivity contribution in [2.75, 3.05) is 0 Å². The van der Waals surface area contributed by atoms with Gasteiger partial charge in [-0.25, -0.2) is 4.98 Å². The Morgan fingerprint density at radius 1 is 1.29 bits per heavy atom. The lowest BCUT2D eigenvalue weighted by Crippen LogP contribution is -2.10. The Morgan fingerprint density at radius 3 is 2.64 bits per heavy atom. The van der Waals surface area contributed by atoms with E-state index in [0.717, 1.165) is 4.40 Å². The minimum Gasteiger partial charge on any atom is -0.262 e. The van der Waals surface area contributed by atoms with E-state index in [4.69, 9.17) is 0 Å². The Balaban J connectivity index is 2.73. The van der Waals surface area contributed by atoms with Gasteiger partial charge in [0.25, 0.3) is 5.78 Å². The number of hydrogen-bond donors (Lipinski definition) is 0. The Hall–Kier alpha value is -1.18. The summed E-state index contributed by atoms with van der Waals surface area (Å²) < 4.78 is 38.2. The van der Waals surface area contributed by atoms with Crippen LogP contribution in [0.5, 0.6) is 0 Å². The first-order valence-corrected chi connectivity index (χ1v) is 4.21. The topological polar surface area (TPSA) is 43.1 Å². The third-order valence-electron chi connectivity index (χ3n) is 1.49. The number of nitrogens with zero attached hydrogens (tertiary/aromatic N) is 4. The molecule has 0 saturated carbocycles. The fourth-order valence-electron chi connectivity index (χ4n) is 0.959. The van der Waals surface area contributed by atoms with E-state index in [-0.39, 0.29) is 5.78 Å². The molecule has 0 amide bonds. The molecule has 2 aromatic rings. The number of hydrogen-bond acceptors (Lipinski definition) is 3. The molecule has 0 aliphatic heterocycles. The Bertz CT molecular complexity index is 477. The van der Waals surface area contributed by atoms with Crippen molar-refractivity contribution in [3.05, 3.63) is 22.7 Å². The van der Waals surface area contributed by atoms with Crippen LogP contribution in [0.1, 0.15) is 5.82 Å². The van der Waals surface area contributed by atoms with Crippen molar-refractivity contribution < 1.29 is 13.2 Å². The molecule has 2 heterocycles. The molecule has 0 atom stereocenters. The predicted octanol–water partition coefficient (Wildman–Crippen LogP) is 1.91. The number of halogens is 4. The normalized spacial score (nSPS) is 12.3. The van der Waals surface area contributed by atoms with Crippen LogP contribution in [0.2, 0.25) is 0 Å². The summed E-state index contributed by atoms with van der Waals surface area (Å²) in [6.45, 7) is 0. The zero-order valence-corrected chi connectivity index (χ0v) is 8.04. The van der Waals surface area contributed by atoms with Gasteiger partial charge in [-0.15, -0.1) is 10.2 Å². The maximum absolute atomic E-state index is 12.3. The molecule has 0 aromatic carbocycles. The van der Waals surface area contributed by atoms with Crippen LogP contribution in [0.3, 0.4) is 0 Å². The molecule has 0 fully saturated rings. The van der Waals surface area contributed by atoms with Crippen LogP contribution in [0.4, 0.5) is 13.2 Å². The highest BCUT2D eigenvalue weighted by molar-refractivity contribution is 9.10. The second-order valence-corrected chi connectivity index (χ2v) is 3.38. The lowest BCUT2D eigenvalue weighted by molar-refractivity contribution is -0.145. The number of alkyl halides is 3. The largest absolute Gasteiger partial charge is 0.452 e. The summed E-state index contributed by atoms with van der Waals surface area (Å²) in [5.41, 5.74) is 0. The minimum absolute atomic E-state index is 0.0828. The molecule has 0 saturated heterocycles. The predicted molar refractivity (Wildman–Crippen MR) is 43.5 cm³/mol. The highest BCUT2D eigenvalue weighted by Gasteiger charge is 2.37. The quantitative estimate of drug-likeness (QED) is 0.732. The zero-order valence-electron chi connectivity index (χ0n) is 6.46. The van der Waals surface area contributed by atoms with Gasteiger partial charge in [0, 0.05) is 12.4 Å². The van der Waals surface area contributed by atoms with Gasteiger partial charge in [0.2, 0.25) is 5.82 Å². The summed E-state index contributed by atoms with van der Waals surface area (Å²) in [7, 11) is 0. The molecule has 2 rings (SSSR count). The smallest absolute Gasteiger partial charge is 0.262 e. The van der Waals surface area contributed by atoms with Gasteiger partial charge in [-0.3, -0.25) is 4.40 Å². The summed E-state index contributed by atoms with van der Waals surface area (Å²) in [4.78, 5) is 3.66. The number of rotatable bonds is 0. The molecular formula is C6H2BrF3N4. The molecule has 0 N–H and O–H groups in total. The molecule has 0 unspecified atom stereocenters. The van der Waals surface area contributed by atoms with E-state index in [2.05, 4.69) is 31.1 Å². The van der Waals surface area contributed by atoms with Crippen molar-refractivity contribution in [2.24, 2.45) is 0 Å². The van der Waals surface area contributed by atoms with E-state index in [9.17, 15) is 13.2 Å². The van der Waals surface area contributed by atoms with E-state index >= 15 is 0 Å². The third kappa shape index (κ3) is 1.45. The Labute approximate surface area is 83.9 Å². The van der Waals surface area contributed by atoms with Gasteiger partial charge in [0.1, 0.15) is 0 Å². The van der Waals surface area contributed by atoms with Crippen molar-refractivity contribution in [1.29, 1.82) is 0 Å². The van der Waals surface area contributed by atoms with Crippen LogP contribution in [0, 0.1) is 0 Å². The molecule has 0 aliphatic carbocycles. The van der Waals surface area contributed by atoms with Crippen LogP contribution in [-0.2, 0) is 6.18 Å². The molecule has 0 radical (unpaired) electrons. The fraction of sp³-hybridized carbons (Fsp3) is 0.167. The maximum Gasteiger partial charge on any atom is 0.452 e. The first kappa shape index (κ1) is 9.38. The van der Waals surface area contributed by atoms with Gasteiger partial charge >= 0.3 is 6.18 Å². The Morgan fingerprint density at radius 2 is 2.00 bits per heavy atom. The third-order valence-corrected chi connectivity index (χ3v) is 1.90. The summed E-state index contributed by atoms with van der Waals surface area (Å²) in [5, 5.41) is 6.30. The van der Waals surface area contributed by atoms with Crippen molar-refractivity contribution in [3.8, 4) is 0 Å². The molecule has 2 aromatic heterocycles. The highest BCUT2D eigenvalue weighted by Crippen LogP contribution is 2.27. The zero-order chi connectivity index (χ0) is 10.3. The minimum atomic E-state index is -4.53. The molecular weight excluding hydrogens is 265 g/mol. The molecule has 14 heavy (non-hydrogen) atoms. The lowest BCUT2D eigenvalue weighted by atomic mass is 10.5. The van der Waals surface area contributed by atoms with Gasteiger partial charge in [-0.05, 0) is 15.9 Å². The molecule has 4 nitrogen and oxygen atoms in total. The monoisotopic (exact) mass is 266 g/mol.